The third kappa shape index (κ3) is 3.63. The van der Waals surface area contributed by atoms with Gasteiger partial charge in [0.1, 0.15) is 5.41 Å². The molecule has 102 valence electrons. The summed E-state index contributed by atoms with van der Waals surface area (Å²) in [7, 11) is 0. The lowest BCUT2D eigenvalue weighted by Crippen LogP contribution is -2.36. The van der Waals surface area contributed by atoms with Crippen LogP contribution in [-0.2, 0) is 9.53 Å². The number of ether oxygens (including phenoxy) is 1. The molecule has 0 fully saturated rings. The zero-order valence-corrected chi connectivity index (χ0v) is 11.9. The van der Waals surface area contributed by atoms with Gasteiger partial charge in [0, 0.05) is 5.57 Å². The van der Waals surface area contributed by atoms with E-state index in [4.69, 9.17) is 4.74 Å². The Kier molecular flexibility index (Phi) is 6.19. The van der Waals surface area contributed by atoms with Gasteiger partial charge in [0.2, 0.25) is 0 Å². The largest absolute Gasteiger partial charge is 0.465 e. The van der Waals surface area contributed by atoms with E-state index < -0.39 is 5.41 Å². The van der Waals surface area contributed by atoms with Crippen LogP contribution in [0.1, 0.15) is 46.0 Å². The topological polar surface area (TPSA) is 26.3 Å². The van der Waals surface area contributed by atoms with Crippen LogP contribution in [0, 0.1) is 17.3 Å². The van der Waals surface area contributed by atoms with Crippen LogP contribution in [0.4, 0.5) is 0 Å². The van der Waals surface area contributed by atoms with Gasteiger partial charge < -0.3 is 4.74 Å². The lowest BCUT2D eigenvalue weighted by molar-refractivity contribution is -0.154. The molecule has 1 rings (SSSR count). The molecule has 0 heterocycles. The molecule has 0 aromatic rings. The highest BCUT2D eigenvalue weighted by Gasteiger charge is 2.43. The van der Waals surface area contributed by atoms with Crippen LogP contribution in [0.5, 0.6) is 0 Å². The Hall–Kier alpha value is -1.71. The Morgan fingerprint density at radius 2 is 2.42 bits per heavy atom. The van der Waals surface area contributed by atoms with Crippen molar-refractivity contribution in [1.29, 1.82) is 0 Å². The van der Waals surface area contributed by atoms with Gasteiger partial charge in [-0.1, -0.05) is 18.6 Å². The summed E-state index contributed by atoms with van der Waals surface area (Å²) >= 11 is 0. The molecule has 0 radical (unpaired) electrons. The molecule has 1 aliphatic carbocycles. The van der Waals surface area contributed by atoms with Gasteiger partial charge in [-0.15, -0.1) is 11.7 Å². The maximum Gasteiger partial charge on any atom is 0.317 e. The lowest BCUT2D eigenvalue weighted by Gasteiger charge is -2.34. The summed E-state index contributed by atoms with van der Waals surface area (Å²) in [5.74, 6) is 5.88. The zero-order chi connectivity index (χ0) is 14.1. The predicted octanol–water partition coefficient (Wildman–Crippen LogP) is 3.79. The van der Waals surface area contributed by atoms with Gasteiger partial charge >= 0.3 is 5.97 Å². The quantitative estimate of drug-likeness (QED) is 0.426. The predicted molar refractivity (Wildman–Crippen MR) is 77.4 cm³/mol. The number of rotatable bonds is 5. The second-order valence-corrected chi connectivity index (χ2v) is 4.63. The fraction of sp³-hybridized carbons (Fsp3) is 0.529. The average molecular weight is 258 g/mol. The molecule has 1 atom stereocenters. The van der Waals surface area contributed by atoms with Crippen molar-refractivity contribution in [3.05, 3.63) is 30.0 Å². The molecule has 0 spiro atoms. The molecule has 0 saturated carbocycles. The molecule has 0 aromatic heterocycles. The van der Waals surface area contributed by atoms with E-state index in [1.807, 2.05) is 13.0 Å². The van der Waals surface area contributed by atoms with Crippen LogP contribution in [0.3, 0.4) is 0 Å². The molecule has 0 aliphatic heterocycles. The average Bonchev–Trinajstić information content (AvgIpc) is 2.41. The molecular weight excluding hydrogens is 236 g/mol. The standard InChI is InChI=1S/C17H22O2/c1-4-7-9-13-17(16(18)19-6-3)14-10-8-12-15(17)11-5-2/h7,12H,1,6,8-10,13-14H2,2-3H3. The molecular formula is C17H22O2. The Morgan fingerprint density at radius 3 is 3.05 bits per heavy atom. The van der Waals surface area contributed by atoms with Crippen molar-refractivity contribution >= 4 is 5.97 Å². The molecule has 0 amide bonds. The highest BCUT2D eigenvalue weighted by atomic mass is 16.5. The third-order valence-corrected chi connectivity index (χ3v) is 3.46. The summed E-state index contributed by atoms with van der Waals surface area (Å²) in [5.41, 5.74) is 3.12. The van der Waals surface area contributed by atoms with E-state index in [1.165, 1.54) is 0 Å². The summed E-state index contributed by atoms with van der Waals surface area (Å²) in [6.07, 6.45) is 8.26. The summed E-state index contributed by atoms with van der Waals surface area (Å²) in [5, 5.41) is 0. The van der Waals surface area contributed by atoms with Crippen molar-refractivity contribution in [2.45, 2.75) is 46.0 Å². The number of hydrogen-bond donors (Lipinski definition) is 0. The maximum atomic E-state index is 12.4. The molecule has 0 N–H and O–H groups in total. The van der Waals surface area contributed by atoms with Gasteiger partial charge in [-0.05, 0) is 52.0 Å². The molecule has 2 heteroatoms. The van der Waals surface area contributed by atoms with Crippen molar-refractivity contribution in [3.8, 4) is 11.8 Å². The van der Waals surface area contributed by atoms with E-state index in [-0.39, 0.29) is 5.97 Å². The summed E-state index contributed by atoms with van der Waals surface area (Å²) in [6, 6.07) is 0. The summed E-state index contributed by atoms with van der Waals surface area (Å²) in [4.78, 5) is 12.4. The first-order valence-corrected chi connectivity index (χ1v) is 6.86. The molecule has 19 heavy (non-hydrogen) atoms. The fourth-order valence-electron chi connectivity index (χ4n) is 2.55. The van der Waals surface area contributed by atoms with Gasteiger partial charge in [-0.2, -0.15) is 0 Å². The lowest BCUT2D eigenvalue weighted by atomic mass is 9.69. The molecule has 0 saturated heterocycles. The van der Waals surface area contributed by atoms with Crippen molar-refractivity contribution in [2.75, 3.05) is 6.61 Å². The van der Waals surface area contributed by atoms with E-state index in [9.17, 15) is 4.79 Å². The van der Waals surface area contributed by atoms with Crippen LogP contribution < -0.4 is 0 Å². The number of hydrogen-bond acceptors (Lipinski definition) is 2. The van der Waals surface area contributed by atoms with E-state index >= 15 is 0 Å². The number of carbonyl (C=O) groups excluding carboxylic acids is 1. The van der Waals surface area contributed by atoms with Crippen LogP contribution >= 0.6 is 0 Å². The SMILES string of the molecule is C=C=CCCC1(C(=O)OCC)CCCC=C1C#CC. The van der Waals surface area contributed by atoms with E-state index in [0.717, 1.165) is 37.7 Å². The molecule has 2 nitrogen and oxygen atoms in total. The van der Waals surface area contributed by atoms with Gasteiger partial charge in [-0.25, -0.2) is 0 Å². The van der Waals surface area contributed by atoms with Crippen LogP contribution in [-0.4, -0.2) is 12.6 Å². The zero-order valence-electron chi connectivity index (χ0n) is 11.9. The van der Waals surface area contributed by atoms with Gasteiger partial charge in [0.15, 0.2) is 0 Å². The normalized spacial score (nSPS) is 21.5. The smallest absolute Gasteiger partial charge is 0.317 e. The van der Waals surface area contributed by atoms with Crippen molar-refractivity contribution < 1.29 is 9.53 Å². The molecule has 0 bridgehead atoms. The first-order chi connectivity index (χ1) is 9.21. The number of allylic oxidation sites excluding steroid dienone is 2. The van der Waals surface area contributed by atoms with Crippen molar-refractivity contribution in [1.82, 2.24) is 0 Å². The molecule has 1 aliphatic rings. The molecule has 0 aromatic carbocycles. The van der Waals surface area contributed by atoms with Gasteiger partial charge in [-0.3, -0.25) is 4.79 Å². The van der Waals surface area contributed by atoms with Gasteiger partial charge in [0.05, 0.1) is 6.61 Å². The summed E-state index contributed by atoms with van der Waals surface area (Å²) in [6.45, 7) is 7.61. The fourth-order valence-corrected chi connectivity index (χ4v) is 2.55. The van der Waals surface area contributed by atoms with Crippen LogP contribution in [0.25, 0.3) is 0 Å². The number of esters is 1. The Morgan fingerprint density at radius 1 is 1.63 bits per heavy atom. The Balaban J connectivity index is 3.09. The van der Waals surface area contributed by atoms with Crippen LogP contribution in [0.15, 0.2) is 30.0 Å². The second kappa shape index (κ2) is 7.67. The van der Waals surface area contributed by atoms with E-state index in [2.05, 4.69) is 30.2 Å². The van der Waals surface area contributed by atoms with Crippen molar-refractivity contribution in [3.63, 3.8) is 0 Å². The molecule has 1 unspecified atom stereocenters. The first kappa shape index (κ1) is 15.3. The maximum absolute atomic E-state index is 12.4. The third-order valence-electron chi connectivity index (χ3n) is 3.46. The van der Waals surface area contributed by atoms with Gasteiger partial charge in [0.25, 0.3) is 0 Å². The monoisotopic (exact) mass is 258 g/mol. The highest BCUT2D eigenvalue weighted by molar-refractivity contribution is 5.82. The Bertz CT molecular complexity index is 455. The second-order valence-electron chi connectivity index (χ2n) is 4.63. The Labute approximate surface area is 116 Å². The number of carbonyl (C=O) groups is 1. The summed E-state index contributed by atoms with van der Waals surface area (Å²) < 4.78 is 5.29. The first-order valence-electron chi connectivity index (χ1n) is 6.86. The minimum atomic E-state index is -0.565. The minimum Gasteiger partial charge on any atom is -0.465 e. The van der Waals surface area contributed by atoms with E-state index in [0.29, 0.717) is 6.61 Å². The minimum absolute atomic E-state index is 0.138. The van der Waals surface area contributed by atoms with Crippen molar-refractivity contribution in [2.24, 2.45) is 5.41 Å². The van der Waals surface area contributed by atoms with Crippen LogP contribution in [0.2, 0.25) is 0 Å². The highest BCUT2D eigenvalue weighted by Crippen LogP contribution is 2.42. The van der Waals surface area contributed by atoms with E-state index in [1.54, 1.807) is 6.92 Å².